The van der Waals surface area contributed by atoms with Crippen LogP contribution in [0.3, 0.4) is 0 Å². The Balaban J connectivity index is 1.48. The minimum atomic E-state index is -0.0165. The van der Waals surface area contributed by atoms with Gasteiger partial charge in [-0.3, -0.25) is 19.4 Å². The number of carbonyl (C=O) groups excluding carboxylic acids is 2. The fourth-order valence-electron chi connectivity index (χ4n) is 4.43. The largest absolute Gasteiger partial charge is 0.352 e. The number of nitrogens with one attached hydrogen (secondary N) is 1. The van der Waals surface area contributed by atoms with E-state index in [1.165, 1.54) is 12.0 Å². The van der Waals surface area contributed by atoms with E-state index >= 15 is 0 Å². The highest BCUT2D eigenvalue weighted by Crippen LogP contribution is 2.18. The molecule has 2 fully saturated rings. The quantitative estimate of drug-likeness (QED) is 0.809. The van der Waals surface area contributed by atoms with Gasteiger partial charge in [0.25, 0.3) is 0 Å². The fourth-order valence-corrected chi connectivity index (χ4v) is 4.43. The van der Waals surface area contributed by atoms with Crippen LogP contribution < -0.4 is 5.32 Å². The summed E-state index contributed by atoms with van der Waals surface area (Å²) in [5, 5.41) is 2.96. The summed E-state index contributed by atoms with van der Waals surface area (Å²) in [4.78, 5) is 30.8. The average Bonchev–Trinajstić information content (AvgIpc) is 2.68. The molecule has 0 saturated carbocycles. The van der Waals surface area contributed by atoms with Gasteiger partial charge in [-0.2, -0.15) is 0 Å². The van der Waals surface area contributed by atoms with E-state index in [4.69, 9.17) is 0 Å². The smallest absolute Gasteiger partial charge is 0.236 e. The normalized spacial score (nSPS) is 23.6. The maximum atomic E-state index is 12.8. The summed E-state index contributed by atoms with van der Waals surface area (Å²) >= 11 is 0. The van der Waals surface area contributed by atoms with Gasteiger partial charge < -0.3 is 10.2 Å². The first kappa shape index (κ1) is 20.8. The van der Waals surface area contributed by atoms with Gasteiger partial charge in [0.1, 0.15) is 0 Å². The van der Waals surface area contributed by atoms with Crippen LogP contribution in [0.15, 0.2) is 30.3 Å². The molecule has 154 valence electrons. The van der Waals surface area contributed by atoms with Gasteiger partial charge in [0.05, 0.1) is 6.54 Å². The van der Waals surface area contributed by atoms with E-state index in [9.17, 15) is 9.59 Å². The van der Waals surface area contributed by atoms with Gasteiger partial charge >= 0.3 is 0 Å². The van der Waals surface area contributed by atoms with Crippen LogP contribution in [0, 0.1) is 0 Å². The van der Waals surface area contributed by atoms with Gasteiger partial charge in [-0.25, -0.2) is 0 Å². The third-order valence-corrected chi connectivity index (χ3v) is 5.92. The number of likely N-dealkylation sites (tertiary alicyclic amines) is 2. The summed E-state index contributed by atoms with van der Waals surface area (Å²) in [5.41, 5.74) is 1.35. The number of rotatable bonds is 6. The van der Waals surface area contributed by atoms with Crippen molar-refractivity contribution in [2.75, 3.05) is 39.8 Å². The second-order valence-electron chi connectivity index (χ2n) is 8.31. The van der Waals surface area contributed by atoms with E-state index in [0.29, 0.717) is 19.1 Å². The van der Waals surface area contributed by atoms with Crippen LogP contribution in [0.25, 0.3) is 0 Å². The molecular weight excluding hydrogens is 352 g/mol. The van der Waals surface area contributed by atoms with E-state index in [1.54, 1.807) is 6.92 Å². The molecule has 2 aliphatic heterocycles. The minimum Gasteiger partial charge on any atom is -0.352 e. The number of benzene rings is 1. The van der Waals surface area contributed by atoms with Crippen molar-refractivity contribution in [1.82, 2.24) is 20.0 Å². The standard InChI is InChI=1S/C22H34N4O2/c1-18(27)23-20-10-6-13-26(15-20)22(28)17-24(2)21-11-7-12-25(16-21)14-19-8-4-3-5-9-19/h3-5,8-9,20-21H,6-7,10-17H2,1-2H3,(H,23,27). The van der Waals surface area contributed by atoms with Crippen molar-refractivity contribution in [1.29, 1.82) is 0 Å². The zero-order valence-corrected chi connectivity index (χ0v) is 17.3. The molecule has 0 radical (unpaired) electrons. The van der Waals surface area contributed by atoms with Crippen LogP contribution in [-0.2, 0) is 16.1 Å². The highest BCUT2D eigenvalue weighted by molar-refractivity contribution is 5.78. The molecule has 2 unspecified atom stereocenters. The number of carbonyl (C=O) groups is 2. The molecule has 1 aromatic rings. The van der Waals surface area contributed by atoms with Gasteiger partial charge in [0.2, 0.25) is 11.8 Å². The second-order valence-corrected chi connectivity index (χ2v) is 8.31. The van der Waals surface area contributed by atoms with E-state index < -0.39 is 0 Å². The van der Waals surface area contributed by atoms with Crippen LogP contribution in [-0.4, -0.2) is 78.4 Å². The zero-order valence-electron chi connectivity index (χ0n) is 17.3. The minimum absolute atomic E-state index is 0.0165. The first-order valence-corrected chi connectivity index (χ1v) is 10.5. The van der Waals surface area contributed by atoms with Crippen molar-refractivity contribution in [3.8, 4) is 0 Å². The highest BCUT2D eigenvalue weighted by atomic mass is 16.2. The van der Waals surface area contributed by atoms with Crippen LogP contribution in [0.5, 0.6) is 0 Å². The number of amides is 2. The lowest BCUT2D eigenvalue weighted by atomic mass is 10.0. The topological polar surface area (TPSA) is 55.9 Å². The van der Waals surface area contributed by atoms with Crippen molar-refractivity contribution >= 4 is 11.8 Å². The average molecular weight is 387 g/mol. The molecular formula is C22H34N4O2. The fraction of sp³-hybridized carbons (Fsp3) is 0.636. The Bertz CT molecular complexity index is 651. The molecule has 0 spiro atoms. The molecule has 1 aromatic carbocycles. The number of nitrogens with zero attached hydrogens (tertiary/aromatic N) is 3. The highest BCUT2D eigenvalue weighted by Gasteiger charge is 2.28. The maximum absolute atomic E-state index is 12.8. The molecule has 6 heteroatoms. The van der Waals surface area contributed by atoms with E-state index in [1.807, 2.05) is 4.90 Å². The number of hydrogen-bond donors (Lipinski definition) is 1. The Kier molecular flexibility index (Phi) is 7.45. The zero-order chi connectivity index (χ0) is 19.9. The summed E-state index contributed by atoms with van der Waals surface area (Å²) in [7, 11) is 2.07. The summed E-state index contributed by atoms with van der Waals surface area (Å²) in [6, 6.07) is 11.1. The Labute approximate surface area is 168 Å². The van der Waals surface area contributed by atoms with Crippen LogP contribution >= 0.6 is 0 Å². The van der Waals surface area contributed by atoms with E-state index in [-0.39, 0.29) is 17.9 Å². The van der Waals surface area contributed by atoms with Crippen molar-refractivity contribution in [3.05, 3.63) is 35.9 Å². The van der Waals surface area contributed by atoms with Crippen molar-refractivity contribution < 1.29 is 9.59 Å². The summed E-state index contributed by atoms with van der Waals surface area (Å²) < 4.78 is 0. The molecule has 1 N–H and O–H groups in total. The monoisotopic (exact) mass is 386 g/mol. The lowest BCUT2D eigenvalue weighted by Gasteiger charge is -2.39. The summed E-state index contributed by atoms with van der Waals surface area (Å²) in [5.74, 6) is 0.162. The van der Waals surface area contributed by atoms with Crippen molar-refractivity contribution in [2.24, 2.45) is 0 Å². The van der Waals surface area contributed by atoms with Crippen LogP contribution in [0.4, 0.5) is 0 Å². The van der Waals surface area contributed by atoms with Crippen molar-refractivity contribution in [3.63, 3.8) is 0 Å². The van der Waals surface area contributed by atoms with E-state index in [2.05, 4.69) is 52.5 Å². The molecule has 2 atom stereocenters. The van der Waals surface area contributed by atoms with Gasteiger partial charge in [-0.15, -0.1) is 0 Å². The SMILES string of the molecule is CC(=O)NC1CCCN(C(=O)CN(C)C2CCCN(Cc3ccccc3)C2)C1. The molecule has 0 aromatic heterocycles. The molecule has 6 nitrogen and oxygen atoms in total. The Morgan fingerprint density at radius 2 is 1.86 bits per heavy atom. The lowest BCUT2D eigenvalue weighted by molar-refractivity contribution is -0.135. The van der Waals surface area contributed by atoms with Gasteiger partial charge in [0, 0.05) is 45.2 Å². The molecule has 2 saturated heterocycles. The number of likely N-dealkylation sites (N-methyl/N-ethyl adjacent to an activating group) is 1. The lowest BCUT2D eigenvalue weighted by Crippen LogP contribution is -2.53. The Morgan fingerprint density at radius 1 is 1.11 bits per heavy atom. The maximum Gasteiger partial charge on any atom is 0.236 e. The predicted octanol–water partition coefficient (Wildman–Crippen LogP) is 1.71. The van der Waals surface area contributed by atoms with E-state index in [0.717, 1.165) is 45.4 Å². The molecule has 2 amide bonds. The predicted molar refractivity (Wildman–Crippen MR) is 111 cm³/mol. The Morgan fingerprint density at radius 3 is 2.61 bits per heavy atom. The summed E-state index contributed by atoms with van der Waals surface area (Å²) in [6.07, 6.45) is 4.22. The first-order chi connectivity index (χ1) is 13.5. The van der Waals surface area contributed by atoms with Crippen LogP contribution in [0.1, 0.15) is 38.2 Å². The van der Waals surface area contributed by atoms with Gasteiger partial charge in [-0.05, 0) is 44.8 Å². The van der Waals surface area contributed by atoms with Crippen molar-refractivity contribution in [2.45, 2.75) is 51.2 Å². The first-order valence-electron chi connectivity index (χ1n) is 10.5. The summed E-state index contributed by atoms with van der Waals surface area (Å²) in [6.45, 7) is 6.54. The molecule has 2 aliphatic rings. The van der Waals surface area contributed by atoms with Gasteiger partial charge in [0.15, 0.2) is 0 Å². The number of hydrogen-bond acceptors (Lipinski definition) is 4. The van der Waals surface area contributed by atoms with Gasteiger partial charge in [-0.1, -0.05) is 30.3 Å². The molecule has 0 bridgehead atoms. The third-order valence-electron chi connectivity index (χ3n) is 5.92. The molecule has 28 heavy (non-hydrogen) atoms. The molecule has 3 rings (SSSR count). The van der Waals surface area contributed by atoms with Crippen LogP contribution in [0.2, 0.25) is 0 Å². The molecule has 0 aliphatic carbocycles. The Hall–Kier alpha value is -1.92. The molecule has 2 heterocycles. The third kappa shape index (κ3) is 6.04. The second kappa shape index (κ2) is 10.0. The number of piperidine rings is 2.